The largest absolute Gasteiger partial charge is 0.490 e. The van der Waals surface area contributed by atoms with Crippen LogP contribution < -0.4 is 20.9 Å². The van der Waals surface area contributed by atoms with Crippen molar-refractivity contribution in [2.45, 2.75) is 57.5 Å². The number of fused-ring (bicyclic) bond motifs is 3. The molecule has 2 aliphatic heterocycles. The summed E-state index contributed by atoms with van der Waals surface area (Å²) in [6.45, 7) is 4.45. The summed E-state index contributed by atoms with van der Waals surface area (Å²) in [5.41, 5.74) is 1.89. The van der Waals surface area contributed by atoms with E-state index < -0.39 is 11.6 Å². The van der Waals surface area contributed by atoms with Gasteiger partial charge in [0.05, 0.1) is 12.7 Å². The van der Waals surface area contributed by atoms with Gasteiger partial charge in [-0.1, -0.05) is 0 Å². The summed E-state index contributed by atoms with van der Waals surface area (Å²) in [6, 6.07) is 1.68. The van der Waals surface area contributed by atoms with Crippen molar-refractivity contribution >= 4 is 22.9 Å². The lowest BCUT2D eigenvalue weighted by Gasteiger charge is -2.26. The zero-order valence-corrected chi connectivity index (χ0v) is 20.8. The Morgan fingerprint density at radius 2 is 1.97 bits per heavy atom. The number of rotatable bonds is 6. The van der Waals surface area contributed by atoms with Gasteiger partial charge in [-0.05, 0) is 51.2 Å². The fraction of sp³-hybridized carbons (Fsp3) is 0.520. The first-order valence-electron chi connectivity index (χ1n) is 12.6. The molecule has 1 amide bonds. The van der Waals surface area contributed by atoms with Gasteiger partial charge in [-0.25, -0.2) is 18.3 Å². The molecule has 196 valence electrons. The normalized spacial score (nSPS) is 20.1. The summed E-state index contributed by atoms with van der Waals surface area (Å²) in [5.74, 6) is -1.85. The van der Waals surface area contributed by atoms with Gasteiger partial charge in [0.15, 0.2) is 5.82 Å². The van der Waals surface area contributed by atoms with Gasteiger partial charge in [-0.15, -0.1) is 0 Å². The zero-order chi connectivity index (χ0) is 25.9. The summed E-state index contributed by atoms with van der Waals surface area (Å²) in [4.78, 5) is 32.4. The van der Waals surface area contributed by atoms with E-state index in [4.69, 9.17) is 4.74 Å². The number of ether oxygens (including phenoxy) is 1. The molecular formula is C25H29F2N7O3. The Balaban J connectivity index is 1.29. The molecule has 0 bridgehead atoms. The molecule has 12 heteroatoms. The van der Waals surface area contributed by atoms with Crippen LogP contribution in [0.1, 0.15) is 53.7 Å². The average molecular weight is 514 g/mol. The number of nitrogens with zero attached hydrogens (tertiary/aromatic N) is 5. The summed E-state index contributed by atoms with van der Waals surface area (Å²) >= 11 is 0. The van der Waals surface area contributed by atoms with Crippen molar-refractivity contribution in [1.29, 1.82) is 0 Å². The number of hydrogen-bond acceptors (Lipinski definition) is 7. The number of hydrogen-bond donors (Lipinski definition) is 2. The number of aryl methyl sites for hydroxylation is 2. The Morgan fingerprint density at radius 3 is 2.70 bits per heavy atom. The lowest BCUT2D eigenvalue weighted by Crippen LogP contribution is -2.45. The average Bonchev–Trinajstić information content (AvgIpc) is 3.59. The van der Waals surface area contributed by atoms with Crippen LogP contribution in [0, 0.1) is 13.8 Å². The van der Waals surface area contributed by atoms with Gasteiger partial charge in [-0.3, -0.25) is 19.1 Å². The maximum Gasteiger partial charge on any atom is 0.276 e. The third kappa shape index (κ3) is 3.94. The van der Waals surface area contributed by atoms with E-state index in [1.807, 2.05) is 13.8 Å². The summed E-state index contributed by atoms with van der Waals surface area (Å²) in [5, 5.41) is 10.5. The van der Waals surface area contributed by atoms with E-state index in [0.717, 1.165) is 31.2 Å². The third-order valence-corrected chi connectivity index (χ3v) is 7.76. The molecule has 1 saturated heterocycles. The van der Waals surface area contributed by atoms with Gasteiger partial charge in [0, 0.05) is 25.1 Å². The molecular weight excluding hydrogens is 484 g/mol. The second-order valence-corrected chi connectivity index (χ2v) is 10.3. The van der Waals surface area contributed by atoms with Gasteiger partial charge in [0.2, 0.25) is 0 Å². The highest BCUT2D eigenvalue weighted by atomic mass is 19.3. The molecule has 1 aliphatic carbocycles. The van der Waals surface area contributed by atoms with Gasteiger partial charge in [-0.2, -0.15) is 5.10 Å². The number of anilines is 2. The number of carbonyl (C=O) groups excluding carboxylic acids is 1. The van der Waals surface area contributed by atoms with E-state index in [1.165, 1.54) is 6.33 Å². The van der Waals surface area contributed by atoms with Crippen LogP contribution in [0.2, 0.25) is 0 Å². The first kappa shape index (κ1) is 23.8. The van der Waals surface area contributed by atoms with Crippen LogP contribution in [0.5, 0.6) is 5.75 Å². The molecule has 3 aliphatic rings. The number of likely N-dealkylation sites (tertiary alicyclic amines) is 1. The van der Waals surface area contributed by atoms with E-state index in [2.05, 4.69) is 20.7 Å². The first-order valence-corrected chi connectivity index (χ1v) is 12.6. The van der Waals surface area contributed by atoms with E-state index in [1.54, 1.807) is 26.2 Å². The Kier molecular flexibility index (Phi) is 5.48. The smallest absolute Gasteiger partial charge is 0.276 e. The number of aromatic nitrogens is 4. The predicted molar refractivity (Wildman–Crippen MR) is 132 cm³/mol. The fourth-order valence-electron chi connectivity index (χ4n) is 5.94. The van der Waals surface area contributed by atoms with Crippen LogP contribution in [-0.4, -0.2) is 62.1 Å². The molecule has 37 heavy (non-hydrogen) atoms. The molecule has 3 aromatic rings. The second-order valence-electron chi connectivity index (χ2n) is 10.3. The highest BCUT2D eigenvalue weighted by Gasteiger charge is 2.46. The highest BCUT2D eigenvalue weighted by molar-refractivity contribution is 5.97. The number of nitrogens with one attached hydrogen (secondary N) is 2. The minimum atomic E-state index is -2.63. The van der Waals surface area contributed by atoms with Crippen LogP contribution in [0.15, 0.2) is 23.4 Å². The molecule has 0 atom stereocenters. The Bertz CT molecular complexity index is 1460. The van der Waals surface area contributed by atoms with Crippen LogP contribution >= 0.6 is 0 Å². The lowest BCUT2D eigenvalue weighted by molar-refractivity contribution is 0.0112. The highest BCUT2D eigenvalue weighted by Crippen LogP contribution is 2.39. The minimum absolute atomic E-state index is 0.125. The number of pyridine rings is 1. The first-order chi connectivity index (χ1) is 17.7. The van der Waals surface area contributed by atoms with Gasteiger partial charge >= 0.3 is 0 Å². The molecule has 6 rings (SSSR count). The lowest BCUT2D eigenvalue weighted by atomic mass is 10.1. The molecule has 3 aromatic heterocycles. The topological polar surface area (TPSA) is 106 Å². The Morgan fingerprint density at radius 1 is 1.19 bits per heavy atom. The zero-order valence-electron chi connectivity index (χ0n) is 20.8. The molecule has 0 unspecified atom stereocenters. The standard InChI is InChI=1S/C25H29F2N7O3/c1-15-11-17(23(36)34-19(15)22(35)31-25(34)5-3-4-6-25)30-21-20-16(2)18(12-33(20)29-14-28-21)37-10-9-32-8-7-24(26,27)13-32/h11-12,14H,3-10,13H2,1-2H3,(H,31,35)(H,28,29,30). The van der Waals surface area contributed by atoms with Crippen molar-refractivity contribution in [1.82, 2.24) is 29.4 Å². The van der Waals surface area contributed by atoms with Crippen molar-refractivity contribution in [3.8, 4) is 5.75 Å². The monoisotopic (exact) mass is 513 g/mol. The SMILES string of the molecule is Cc1cc(Nc2ncnn3cc(OCCN4CCC(F)(F)C4)c(C)c23)c(=O)n2c1C(=O)NC21CCCC1. The van der Waals surface area contributed by atoms with Crippen molar-refractivity contribution in [3.63, 3.8) is 0 Å². The van der Waals surface area contributed by atoms with Crippen LogP contribution in [0.3, 0.4) is 0 Å². The van der Waals surface area contributed by atoms with Crippen molar-refractivity contribution < 1.29 is 18.3 Å². The van der Waals surface area contributed by atoms with E-state index >= 15 is 0 Å². The fourth-order valence-corrected chi connectivity index (χ4v) is 5.94. The number of halogens is 2. The van der Waals surface area contributed by atoms with Crippen molar-refractivity contribution in [2.75, 3.05) is 31.6 Å². The molecule has 5 heterocycles. The predicted octanol–water partition coefficient (Wildman–Crippen LogP) is 2.94. The van der Waals surface area contributed by atoms with Crippen LogP contribution in [0.25, 0.3) is 5.52 Å². The molecule has 2 N–H and O–H groups in total. The maximum atomic E-state index is 13.6. The quantitative estimate of drug-likeness (QED) is 0.522. The number of alkyl halides is 2. The molecule has 1 saturated carbocycles. The number of carbonyl (C=O) groups is 1. The van der Waals surface area contributed by atoms with E-state index in [9.17, 15) is 18.4 Å². The summed E-state index contributed by atoms with van der Waals surface area (Å²) < 4.78 is 36.1. The van der Waals surface area contributed by atoms with Gasteiger partial charge in [0.25, 0.3) is 17.4 Å². The number of amides is 1. The molecule has 2 fully saturated rings. The van der Waals surface area contributed by atoms with Gasteiger partial charge < -0.3 is 15.4 Å². The van der Waals surface area contributed by atoms with Gasteiger partial charge in [0.1, 0.15) is 41.2 Å². The molecule has 10 nitrogen and oxygen atoms in total. The van der Waals surface area contributed by atoms with E-state index in [0.29, 0.717) is 47.1 Å². The molecule has 0 radical (unpaired) electrons. The third-order valence-electron chi connectivity index (χ3n) is 7.76. The minimum Gasteiger partial charge on any atom is -0.490 e. The van der Waals surface area contributed by atoms with E-state index in [-0.39, 0.29) is 31.0 Å². The Labute approximate surface area is 211 Å². The summed E-state index contributed by atoms with van der Waals surface area (Å²) in [7, 11) is 0. The van der Waals surface area contributed by atoms with Crippen LogP contribution in [-0.2, 0) is 5.66 Å². The Hall–Kier alpha value is -3.54. The molecule has 1 spiro atoms. The molecule has 0 aromatic carbocycles. The van der Waals surface area contributed by atoms with Crippen molar-refractivity contribution in [3.05, 3.63) is 45.8 Å². The summed E-state index contributed by atoms with van der Waals surface area (Å²) in [6.07, 6.45) is 6.31. The second kappa shape index (κ2) is 8.51. The van der Waals surface area contributed by atoms with Crippen molar-refractivity contribution in [2.24, 2.45) is 0 Å². The maximum absolute atomic E-state index is 13.6. The van der Waals surface area contributed by atoms with Crippen LogP contribution in [0.4, 0.5) is 20.3 Å².